The van der Waals surface area contributed by atoms with Gasteiger partial charge >= 0.3 is 0 Å². The summed E-state index contributed by atoms with van der Waals surface area (Å²) in [7, 11) is 0. The van der Waals surface area contributed by atoms with Crippen LogP contribution in [0.3, 0.4) is 0 Å². The molecular weight excluding hydrogens is 274 g/mol. The number of anilines is 1. The molecular formula is C18H29N3O. The third kappa shape index (κ3) is 4.21. The normalized spacial score (nSPS) is 18.3. The van der Waals surface area contributed by atoms with E-state index < -0.39 is 0 Å². The van der Waals surface area contributed by atoms with E-state index in [0.29, 0.717) is 5.69 Å². The number of amides is 1. The van der Waals surface area contributed by atoms with Crippen molar-refractivity contribution in [3.05, 3.63) is 24.0 Å². The molecule has 2 rings (SSSR count). The van der Waals surface area contributed by atoms with Gasteiger partial charge in [0.15, 0.2) is 0 Å². The van der Waals surface area contributed by atoms with Crippen LogP contribution in [0.5, 0.6) is 0 Å². The number of aromatic nitrogens is 1. The number of hydrogen-bond donors (Lipinski definition) is 0. The Kier molecular flexibility index (Phi) is 6.22. The highest BCUT2D eigenvalue weighted by molar-refractivity contribution is 5.93. The first kappa shape index (κ1) is 16.8. The van der Waals surface area contributed by atoms with Crippen LogP contribution in [0.4, 0.5) is 5.69 Å². The molecule has 0 N–H and O–H groups in total. The Hall–Kier alpha value is -1.58. The topological polar surface area (TPSA) is 36.4 Å². The molecule has 4 nitrogen and oxygen atoms in total. The van der Waals surface area contributed by atoms with E-state index in [0.717, 1.165) is 50.6 Å². The molecule has 1 fully saturated rings. The molecule has 1 amide bonds. The Morgan fingerprint density at radius 1 is 1.36 bits per heavy atom. The third-order valence-electron chi connectivity index (χ3n) is 4.26. The number of hydrogen-bond acceptors (Lipinski definition) is 3. The minimum absolute atomic E-state index is 0.0654. The van der Waals surface area contributed by atoms with Crippen LogP contribution < -0.4 is 4.90 Å². The third-order valence-corrected chi connectivity index (χ3v) is 4.26. The van der Waals surface area contributed by atoms with Gasteiger partial charge < -0.3 is 9.80 Å². The molecule has 1 aromatic heterocycles. The van der Waals surface area contributed by atoms with Crippen LogP contribution in [-0.2, 0) is 0 Å². The van der Waals surface area contributed by atoms with Gasteiger partial charge in [0.25, 0.3) is 5.91 Å². The first-order chi connectivity index (χ1) is 10.7. The summed E-state index contributed by atoms with van der Waals surface area (Å²) >= 11 is 0. The predicted molar refractivity (Wildman–Crippen MR) is 91.3 cm³/mol. The van der Waals surface area contributed by atoms with Crippen LogP contribution in [0, 0.1) is 5.92 Å². The Balaban J connectivity index is 2.14. The second-order valence-electron chi connectivity index (χ2n) is 6.38. The van der Waals surface area contributed by atoms with E-state index >= 15 is 0 Å². The van der Waals surface area contributed by atoms with Crippen molar-refractivity contribution >= 4 is 11.6 Å². The molecule has 1 unspecified atom stereocenters. The minimum atomic E-state index is 0.0654. The molecule has 22 heavy (non-hydrogen) atoms. The zero-order valence-electron chi connectivity index (χ0n) is 14.2. The Labute approximate surface area is 134 Å². The largest absolute Gasteiger partial charge is 0.371 e. The molecule has 0 aliphatic carbocycles. The Bertz CT molecular complexity index is 483. The number of pyridine rings is 1. The lowest BCUT2D eigenvalue weighted by Gasteiger charge is -2.33. The van der Waals surface area contributed by atoms with Crippen molar-refractivity contribution in [3.63, 3.8) is 0 Å². The van der Waals surface area contributed by atoms with Gasteiger partial charge in [0.2, 0.25) is 0 Å². The van der Waals surface area contributed by atoms with E-state index in [2.05, 4.69) is 30.7 Å². The average molecular weight is 303 g/mol. The second kappa shape index (κ2) is 8.16. The fraction of sp³-hybridized carbons (Fsp3) is 0.667. The van der Waals surface area contributed by atoms with Crippen LogP contribution in [0.1, 0.15) is 56.9 Å². The smallest absolute Gasteiger partial charge is 0.272 e. The maximum absolute atomic E-state index is 12.7. The van der Waals surface area contributed by atoms with E-state index in [-0.39, 0.29) is 5.91 Å². The maximum atomic E-state index is 12.7. The number of carbonyl (C=O) groups is 1. The molecule has 1 aromatic rings. The molecule has 4 heteroatoms. The van der Waals surface area contributed by atoms with Crippen LogP contribution in [-0.4, -0.2) is 42.0 Å². The highest BCUT2D eigenvalue weighted by atomic mass is 16.2. The van der Waals surface area contributed by atoms with Gasteiger partial charge in [-0.05, 0) is 43.7 Å². The maximum Gasteiger partial charge on any atom is 0.272 e. The molecule has 1 atom stereocenters. The summed E-state index contributed by atoms with van der Waals surface area (Å²) in [5.41, 5.74) is 1.72. The summed E-state index contributed by atoms with van der Waals surface area (Å²) in [5, 5.41) is 0. The highest BCUT2D eigenvalue weighted by Crippen LogP contribution is 2.23. The summed E-state index contributed by atoms with van der Waals surface area (Å²) in [6, 6.07) is 4.00. The van der Waals surface area contributed by atoms with Crippen LogP contribution in [0.2, 0.25) is 0 Å². The number of carbonyl (C=O) groups excluding carboxylic acids is 1. The van der Waals surface area contributed by atoms with E-state index in [1.807, 2.05) is 17.0 Å². The number of piperidine rings is 1. The minimum Gasteiger partial charge on any atom is -0.371 e. The zero-order chi connectivity index (χ0) is 15.9. The van der Waals surface area contributed by atoms with E-state index in [1.54, 1.807) is 6.20 Å². The van der Waals surface area contributed by atoms with E-state index in [4.69, 9.17) is 0 Å². The molecule has 122 valence electrons. The number of nitrogens with zero attached hydrogens (tertiary/aromatic N) is 3. The van der Waals surface area contributed by atoms with Gasteiger partial charge in [-0.15, -0.1) is 0 Å². The van der Waals surface area contributed by atoms with Gasteiger partial charge in [0, 0.05) is 38.1 Å². The fourth-order valence-corrected chi connectivity index (χ4v) is 3.17. The van der Waals surface area contributed by atoms with Gasteiger partial charge in [-0.3, -0.25) is 9.78 Å². The first-order valence-corrected chi connectivity index (χ1v) is 8.66. The zero-order valence-corrected chi connectivity index (χ0v) is 14.2. The predicted octanol–water partition coefficient (Wildman–Crippen LogP) is 3.58. The first-order valence-electron chi connectivity index (χ1n) is 8.66. The van der Waals surface area contributed by atoms with E-state index in [1.165, 1.54) is 12.8 Å². The quantitative estimate of drug-likeness (QED) is 0.806. The lowest BCUT2D eigenvalue weighted by atomic mass is 10.00. The van der Waals surface area contributed by atoms with Gasteiger partial charge in [-0.25, -0.2) is 0 Å². The molecule has 0 radical (unpaired) electrons. The highest BCUT2D eigenvalue weighted by Gasteiger charge is 2.20. The van der Waals surface area contributed by atoms with Gasteiger partial charge in [0.1, 0.15) is 5.69 Å². The van der Waals surface area contributed by atoms with Crippen molar-refractivity contribution in [3.8, 4) is 0 Å². The second-order valence-corrected chi connectivity index (χ2v) is 6.38. The summed E-state index contributed by atoms with van der Waals surface area (Å²) < 4.78 is 0. The standard InChI is InChI=1S/C18H29N3O/c1-4-10-20(11-5-2)18(22)17-13-16(8-9-19-17)21-12-6-7-15(3)14-21/h8-9,13,15H,4-7,10-12,14H2,1-3H3. The molecule has 2 heterocycles. The summed E-state index contributed by atoms with van der Waals surface area (Å²) in [6.45, 7) is 10.3. The Morgan fingerprint density at radius 2 is 2.09 bits per heavy atom. The van der Waals surface area contributed by atoms with Crippen LogP contribution in [0.25, 0.3) is 0 Å². The van der Waals surface area contributed by atoms with Gasteiger partial charge in [-0.1, -0.05) is 20.8 Å². The molecule has 0 bridgehead atoms. The lowest BCUT2D eigenvalue weighted by Crippen LogP contribution is -2.35. The van der Waals surface area contributed by atoms with Crippen molar-refractivity contribution in [2.24, 2.45) is 5.92 Å². The van der Waals surface area contributed by atoms with Crippen molar-refractivity contribution in [2.45, 2.75) is 46.5 Å². The molecule has 1 aliphatic rings. The monoisotopic (exact) mass is 303 g/mol. The van der Waals surface area contributed by atoms with Crippen molar-refractivity contribution < 1.29 is 4.79 Å². The van der Waals surface area contributed by atoms with Crippen LogP contribution >= 0.6 is 0 Å². The molecule has 0 saturated carbocycles. The van der Waals surface area contributed by atoms with Gasteiger partial charge in [-0.2, -0.15) is 0 Å². The molecule has 1 aliphatic heterocycles. The summed E-state index contributed by atoms with van der Waals surface area (Å²) in [5.74, 6) is 0.786. The number of rotatable bonds is 6. The Morgan fingerprint density at radius 3 is 2.73 bits per heavy atom. The van der Waals surface area contributed by atoms with Gasteiger partial charge in [0.05, 0.1) is 0 Å². The molecule has 0 spiro atoms. The van der Waals surface area contributed by atoms with Crippen molar-refractivity contribution in [1.82, 2.24) is 9.88 Å². The molecule has 0 aromatic carbocycles. The van der Waals surface area contributed by atoms with Crippen molar-refractivity contribution in [1.29, 1.82) is 0 Å². The van der Waals surface area contributed by atoms with Crippen molar-refractivity contribution in [2.75, 3.05) is 31.1 Å². The summed E-state index contributed by atoms with van der Waals surface area (Å²) in [4.78, 5) is 21.3. The summed E-state index contributed by atoms with van der Waals surface area (Å²) in [6.07, 6.45) is 6.26. The van der Waals surface area contributed by atoms with E-state index in [9.17, 15) is 4.79 Å². The fourth-order valence-electron chi connectivity index (χ4n) is 3.17. The average Bonchev–Trinajstić information content (AvgIpc) is 2.54. The SMILES string of the molecule is CCCN(CCC)C(=O)c1cc(N2CCCC(C)C2)ccn1. The molecule has 1 saturated heterocycles. The lowest BCUT2D eigenvalue weighted by molar-refractivity contribution is 0.0749. The van der Waals surface area contributed by atoms with Crippen LogP contribution in [0.15, 0.2) is 18.3 Å².